The van der Waals surface area contributed by atoms with Crippen molar-refractivity contribution in [3.8, 4) is 0 Å². The number of aromatic nitrogens is 2. The molecular weight excluding hydrogens is 444 g/mol. The number of fused-ring (bicyclic) bond motifs is 3. The van der Waals surface area contributed by atoms with Gasteiger partial charge in [-0.3, -0.25) is 24.3 Å². The topological polar surface area (TPSA) is 119 Å². The predicted molar refractivity (Wildman–Crippen MR) is 124 cm³/mol. The van der Waals surface area contributed by atoms with Crippen LogP contribution >= 0.6 is 11.3 Å². The third kappa shape index (κ3) is 5.61. The number of hydrogen-bond donors (Lipinski definition) is 2. The molecule has 3 amide bonds. The van der Waals surface area contributed by atoms with Gasteiger partial charge in [0, 0.05) is 17.5 Å². The molecule has 2 aromatic heterocycles. The molecule has 2 aliphatic rings. The van der Waals surface area contributed by atoms with E-state index in [1.807, 2.05) is 0 Å². The first-order valence-corrected chi connectivity index (χ1v) is 12.5. The highest BCUT2D eigenvalue weighted by molar-refractivity contribution is 7.18. The van der Waals surface area contributed by atoms with Crippen LogP contribution in [0.3, 0.4) is 0 Å². The molecule has 0 bridgehead atoms. The fourth-order valence-corrected chi connectivity index (χ4v) is 5.89. The molecule has 10 heteroatoms. The number of nitrogens with one attached hydrogen (secondary N) is 2. The summed E-state index contributed by atoms with van der Waals surface area (Å²) < 4.78 is 6.40. The van der Waals surface area contributed by atoms with E-state index in [0.717, 1.165) is 61.8 Å². The minimum atomic E-state index is -0.686. The Kier molecular flexibility index (Phi) is 7.42. The summed E-state index contributed by atoms with van der Waals surface area (Å²) >= 11 is 1.58. The summed E-state index contributed by atoms with van der Waals surface area (Å²) in [6, 6.07) is -0.521. The monoisotopic (exact) mass is 474 g/mol. The Morgan fingerprint density at radius 2 is 1.97 bits per heavy atom. The molecular formula is C23H30N4O5S. The molecule has 2 unspecified atom stereocenters. The van der Waals surface area contributed by atoms with Crippen molar-refractivity contribution >= 4 is 39.5 Å². The van der Waals surface area contributed by atoms with Gasteiger partial charge in [0.05, 0.1) is 18.1 Å². The lowest BCUT2D eigenvalue weighted by Crippen LogP contribution is -2.48. The van der Waals surface area contributed by atoms with Crippen molar-refractivity contribution in [3.05, 3.63) is 27.1 Å². The van der Waals surface area contributed by atoms with Crippen molar-refractivity contribution in [3.63, 3.8) is 0 Å². The number of esters is 1. The molecule has 0 aromatic carbocycles. The maximum atomic E-state index is 12.9. The van der Waals surface area contributed by atoms with Gasteiger partial charge in [-0.15, -0.1) is 11.3 Å². The van der Waals surface area contributed by atoms with Crippen LogP contribution < -0.4 is 16.2 Å². The molecule has 0 aliphatic heterocycles. The Balaban J connectivity index is 1.24. The van der Waals surface area contributed by atoms with E-state index in [1.54, 1.807) is 11.3 Å². The second kappa shape index (κ2) is 10.5. The predicted octanol–water partition coefficient (Wildman–Crippen LogP) is 2.67. The second-order valence-corrected chi connectivity index (χ2v) is 10.0. The van der Waals surface area contributed by atoms with Crippen LogP contribution in [0.1, 0.15) is 62.3 Å². The van der Waals surface area contributed by atoms with E-state index >= 15 is 0 Å². The van der Waals surface area contributed by atoms with Crippen LogP contribution in [0, 0.1) is 5.92 Å². The van der Waals surface area contributed by atoms with Gasteiger partial charge in [-0.25, -0.2) is 9.78 Å². The lowest BCUT2D eigenvalue weighted by atomic mass is 9.86. The van der Waals surface area contributed by atoms with Crippen molar-refractivity contribution in [2.24, 2.45) is 5.92 Å². The Morgan fingerprint density at radius 3 is 2.79 bits per heavy atom. The number of nitrogens with zero attached hydrogens (tertiary/aromatic N) is 2. The number of ether oxygens (including phenoxy) is 1. The zero-order valence-corrected chi connectivity index (χ0v) is 19.7. The minimum Gasteiger partial charge on any atom is -0.456 e. The average molecular weight is 475 g/mol. The van der Waals surface area contributed by atoms with Gasteiger partial charge in [0.25, 0.3) is 11.5 Å². The molecule has 0 spiro atoms. The van der Waals surface area contributed by atoms with Crippen LogP contribution in [0.2, 0.25) is 0 Å². The first-order valence-electron chi connectivity index (χ1n) is 11.7. The molecule has 4 rings (SSSR count). The van der Waals surface area contributed by atoms with Crippen molar-refractivity contribution in [2.45, 2.75) is 77.3 Å². The highest BCUT2D eigenvalue weighted by Crippen LogP contribution is 2.33. The second-order valence-electron chi connectivity index (χ2n) is 8.93. The minimum absolute atomic E-state index is 0.0483. The van der Waals surface area contributed by atoms with Gasteiger partial charge in [-0.2, -0.15) is 0 Å². The molecule has 9 nitrogen and oxygen atoms in total. The summed E-state index contributed by atoms with van der Waals surface area (Å²) in [6.45, 7) is 1.66. The summed E-state index contributed by atoms with van der Waals surface area (Å²) in [7, 11) is 0. The summed E-state index contributed by atoms with van der Waals surface area (Å²) in [5, 5.41) is 5.69. The molecule has 2 atom stereocenters. The lowest BCUT2D eigenvalue weighted by Gasteiger charge is -2.29. The third-order valence-electron chi connectivity index (χ3n) is 6.54. The van der Waals surface area contributed by atoms with E-state index in [9.17, 15) is 19.2 Å². The number of imide groups is 1. The van der Waals surface area contributed by atoms with E-state index in [2.05, 4.69) is 22.5 Å². The van der Waals surface area contributed by atoms with Crippen LogP contribution in [0.5, 0.6) is 0 Å². The van der Waals surface area contributed by atoms with Crippen LogP contribution in [-0.4, -0.2) is 40.1 Å². The molecule has 1 fully saturated rings. The number of carbonyl (C=O) groups excluding carboxylic acids is 3. The Hall–Kier alpha value is -2.75. The fourth-order valence-electron chi connectivity index (χ4n) is 4.67. The Morgan fingerprint density at radius 1 is 1.18 bits per heavy atom. The number of rotatable bonds is 6. The van der Waals surface area contributed by atoms with E-state index in [4.69, 9.17) is 4.74 Å². The summed E-state index contributed by atoms with van der Waals surface area (Å²) in [5.74, 6) is -0.936. The number of carbonyl (C=O) groups is 3. The quantitative estimate of drug-likeness (QED) is 0.621. The lowest BCUT2D eigenvalue weighted by molar-refractivity contribution is -0.148. The van der Waals surface area contributed by atoms with Gasteiger partial charge < -0.3 is 10.1 Å². The average Bonchev–Trinajstić information content (AvgIpc) is 3.18. The van der Waals surface area contributed by atoms with Crippen molar-refractivity contribution in [1.82, 2.24) is 20.2 Å². The maximum Gasteiger partial charge on any atom is 0.321 e. The zero-order chi connectivity index (χ0) is 23.4. The van der Waals surface area contributed by atoms with Gasteiger partial charge in [0.2, 0.25) is 0 Å². The van der Waals surface area contributed by atoms with Gasteiger partial charge in [0.15, 0.2) is 6.61 Å². The number of aryl methyl sites for hydroxylation is 3. The molecule has 2 heterocycles. The normalized spacial score (nSPS) is 20.2. The molecule has 1 saturated carbocycles. The maximum absolute atomic E-state index is 12.9. The van der Waals surface area contributed by atoms with Crippen molar-refractivity contribution in [1.29, 1.82) is 0 Å². The number of amides is 3. The van der Waals surface area contributed by atoms with Crippen LogP contribution in [0.25, 0.3) is 10.2 Å². The van der Waals surface area contributed by atoms with Crippen LogP contribution in [0.4, 0.5) is 4.79 Å². The molecule has 2 aliphatic carbocycles. The SMILES string of the molecule is CC1CCCCC1NC(=O)NC(=O)COC(=O)CCn1cnc2sc3c(c2c1=O)CCCC3. The summed E-state index contributed by atoms with van der Waals surface area (Å²) in [6.07, 6.45) is 9.63. The number of urea groups is 1. The van der Waals surface area contributed by atoms with Crippen molar-refractivity contribution in [2.75, 3.05) is 6.61 Å². The van der Waals surface area contributed by atoms with Gasteiger partial charge in [-0.05, 0) is 50.0 Å². The molecule has 2 N–H and O–H groups in total. The van der Waals surface area contributed by atoms with E-state index < -0.39 is 24.5 Å². The standard InChI is InChI=1S/C23H30N4O5S/c1-14-6-2-4-8-16(14)25-23(31)26-18(28)12-32-19(29)10-11-27-13-24-21-20(22(27)30)15-7-3-5-9-17(15)33-21/h13-14,16H,2-12H2,1H3,(H2,25,26,28,31). The number of thiophene rings is 1. The van der Waals surface area contributed by atoms with E-state index in [-0.39, 0.29) is 24.6 Å². The first kappa shape index (κ1) is 23.4. The summed E-state index contributed by atoms with van der Waals surface area (Å²) in [5.41, 5.74) is 0.965. The molecule has 178 valence electrons. The molecule has 0 radical (unpaired) electrons. The van der Waals surface area contributed by atoms with Gasteiger partial charge >= 0.3 is 12.0 Å². The first-order chi connectivity index (χ1) is 15.9. The van der Waals surface area contributed by atoms with Gasteiger partial charge in [-0.1, -0.05) is 19.8 Å². The van der Waals surface area contributed by atoms with Gasteiger partial charge in [0.1, 0.15) is 4.83 Å². The van der Waals surface area contributed by atoms with Crippen molar-refractivity contribution < 1.29 is 19.1 Å². The molecule has 33 heavy (non-hydrogen) atoms. The summed E-state index contributed by atoms with van der Waals surface area (Å²) in [4.78, 5) is 55.4. The van der Waals surface area contributed by atoms with E-state index in [0.29, 0.717) is 11.3 Å². The van der Waals surface area contributed by atoms with Crippen LogP contribution in [0.15, 0.2) is 11.1 Å². The molecule has 2 aromatic rings. The Labute approximate surface area is 195 Å². The number of hydrogen-bond acceptors (Lipinski definition) is 7. The Bertz CT molecular complexity index is 1110. The van der Waals surface area contributed by atoms with Crippen LogP contribution in [-0.2, 0) is 33.7 Å². The third-order valence-corrected chi connectivity index (χ3v) is 7.74. The smallest absolute Gasteiger partial charge is 0.321 e. The highest BCUT2D eigenvalue weighted by Gasteiger charge is 2.24. The molecule has 0 saturated heterocycles. The highest BCUT2D eigenvalue weighted by atomic mass is 32.1. The zero-order valence-electron chi connectivity index (χ0n) is 18.9. The van der Waals surface area contributed by atoms with E-state index in [1.165, 1.54) is 15.8 Å². The largest absolute Gasteiger partial charge is 0.456 e. The fraction of sp³-hybridized carbons (Fsp3) is 0.609.